The van der Waals surface area contributed by atoms with E-state index in [4.69, 9.17) is 4.42 Å². The molecule has 0 radical (unpaired) electrons. The van der Waals surface area contributed by atoms with Gasteiger partial charge < -0.3 is 22.5 Å². The van der Waals surface area contributed by atoms with Crippen molar-refractivity contribution >= 4 is 22.7 Å². The molecular weight excluding hydrogens is 1160 g/mol. The van der Waals surface area contributed by atoms with Gasteiger partial charge in [0.1, 0.15) is 35.3 Å². The number of nitrogens with zero attached hydrogens (tertiary/aromatic N) is 24. The fourth-order valence-electron chi connectivity index (χ4n) is 4.59. The molecule has 464 valence electrons. The van der Waals surface area contributed by atoms with Gasteiger partial charge in [-0.3, -0.25) is 34.0 Å². The molecule has 0 saturated carbocycles. The van der Waals surface area contributed by atoms with Gasteiger partial charge in [0.2, 0.25) is 18.7 Å². The second-order valence-electron chi connectivity index (χ2n) is 16.7. The van der Waals surface area contributed by atoms with Gasteiger partial charge in [-0.15, -0.1) is 48.2 Å². The summed E-state index contributed by atoms with van der Waals surface area (Å²) >= 11 is 3.22. The van der Waals surface area contributed by atoms with Crippen molar-refractivity contribution < 1.29 is 13.4 Å². The van der Waals surface area contributed by atoms with Gasteiger partial charge in [-0.2, -0.15) is 15.2 Å². The molecule has 14 rings (SSSR count). The van der Waals surface area contributed by atoms with Crippen molar-refractivity contribution in [3.8, 4) is 0 Å². The zero-order chi connectivity index (χ0) is 64.5. The van der Waals surface area contributed by atoms with E-state index in [1.807, 2.05) is 183 Å². The molecule has 0 amide bonds. The molecule has 0 fully saturated rings. The van der Waals surface area contributed by atoms with Crippen molar-refractivity contribution in [3.05, 3.63) is 271 Å². The van der Waals surface area contributed by atoms with E-state index in [9.17, 15) is 0 Å². The van der Waals surface area contributed by atoms with Gasteiger partial charge in [0.25, 0.3) is 0 Å². The monoisotopic (exact) mass is 1230 g/mol. The number of thiazole rings is 1. The third-order valence-electron chi connectivity index (χ3n) is 8.79. The van der Waals surface area contributed by atoms with E-state index in [1.54, 1.807) is 162 Å². The second-order valence-corrected chi connectivity index (χ2v) is 18.9. The summed E-state index contributed by atoms with van der Waals surface area (Å²) in [5, 5.41) is 36.4. The lowest BCUT2D eigenvalue weighted by Crippen LogP contribution is -1.85. The minimum Gasteiger partial charge on any atom is -0.449 e. The molecule has 29 heteroatoms. The van der Waals surface area contributed by atoms with Crippen LogP contribution >= 0.6 is 22.7 Å². The molecule has 14 aromatic heterocycles. The zero-order valence-electron chi connectivity index (χ0n) is 52.1. The summed E-state index contributed by atoms with van der Waals surface area (Å²) in [7, 11) is 9.48. The largest absolute Gasteiger partial charge is 0.449 e. The molecule has 0 spiro atoms. The third-order valence-corrected chi connectivity index (χ3v) is 10.1. The van der Waals surface area contributed by atoms with E-state index < -0.39 is 0 Å². The Labute approximate surface area is 521 Å². The van der Waals surface area contributed by atoms with Gasteiger partial charge in [0, 0.05) is 153 Å². The highest BCUT2D eigenvalue weighted by Gasteiger charge is 1.83. The van der Waals surface area contributed by atoms with Gasteiger partial charge in [0.15, 0.2) is 11.7 Å². The minimum absolute atomic E-state index is 0.606. The number of oxazole rings is 1. The second kappa shape index (κ2) is 51.8. The van der Waals surface area contributed by atoms with Crippen LogP contribution in [0.4, 0.5) is 0 Å². The highest BCUT2D eigenvalue weighted by Crippen LogP contribution is 1.98. The lowest BCUT2D eigenvalue weighted by atomic mass is 10.3. The van der Waals surface area contributed by atoms with Crippen LogP contribution in [0.15, 0.2) is 234 Å². The summed E-state index contributed by atoms with van der Waals surface area (Å²) in [5.41, 5.74) is 5.26. The van der Waals surface area contributed by atoms with Crippen molar-refractivity contribution in [1.82, 2.24) is 119 Å². The van der Waals surface area contributed by atoms with Crippen LogP contribution in [0, 0.1) is 62.3 Å². The number of hydrogen-bond donors (Lipinski definition) is 0. The standard InChI is InChI=1S/3C6H7N.C5H6N2.C5H7N.2C4H6N2.C4H5NO.C4H5NS.2C3H5N3.2C3H4N2O.C3H4N2S/c1-6-2-4-7-5-3-6;1-6-3-2-4-7-5-6;1-6-4-2-3-5-7-6;1-5-6-3-2-4-7-5;1-6-4-2-3-5-6;1-6-3-2-5-4-6;1-6-4-2-3-5-6;2*1-4-5-2-3-6-4;1-6-3-4-2-5-6;1-6-3-2-4-5-6;1-3-5-4-2-6-3;1-3-4-2-6-5-3;1-3-5-4-2-6-3/h3*2-5H,1H3;2-4H,1H3;2-5H,1H3;2*2-4H,1H3;4*2-3H,1H3;3*2H,1H3. The van der Waals surface area contributed by atoms with Gasteiger partial charge in [-0.05, 0) is 114 Å². The Kier molecular flexibility index (Phi) is 44.3. The molecular formula is C59H78N24O3S2. The fraction of sp³-hybridized carbons (Fsp3) is 0.237. The summed E-state index contributed by atoms with van der Waals surface area (Å²) < 4.78 is 22.6. The topological polar surface area (TPSA) is 309 Å². The lowest BCUT2D eigenvalue weighted by Gasteiger charge is -1.82. The van der Waals surface area contributed by atoms with E-state index in [2.05, 4.69) is 105 Å². The van der Waals surface area contributed by atoms with Gasteiger partial charge >= 0.3 is 0 Å². The Morgan fingerprint density at radius 1 is 0.420 bits per heavy atom. The summed E-state index contributed by atoms with van der Waals surface area (Å²) in [4.78, 5) is 38.2. The first kappa shape index (κ1) is 75.2. The van der Waals surface area contributed by atoms with Crippen molar-refractivity contribution in [2.75, 3.05) is 0 Å². The van der Waals surface area contributed by atoms with Crippen molar-refractivity contribution in [1.29, 1.82) is 0 Å². The smallest absolute Gasteiger partial charge is 0.213 e. The molecule has 0 aliphatic heterocycles. The van der Waals surface area contributed by atoms with Gasteiger partial charge in [0.05, 0.1) is 23.7 Å². The van der Waals surface area contributed by atoms with Crippen molar-refractivity contribution in [2.45, 2.75) is 62.3 Å². The number of aryl methyl sites for hydroxylation is 14. The molecule has 0 unspecified atom stereocenters. The summed E-state index contributed by atoms with van der Waals surface area (Å²) in [6.45, 7) is 17.1. The third kappa shape index (κ3) is 49.8. The molecule has 0 saturated heterocycles. The molecule has 27 nitrogen and oxygen atoms in total. The van der Waals surface area contributed by atoms with Crippen LogP contribution < -0.4 is 0 Å². The van der Waals surface area contributed by atoms with E-state index in [0.29, 0.717) is 11.7 Å². The molecule has 14 aromatic rings. The molecule has 14 heterocycles. The van der Waals surface area contributed by atoms with Gasteiger partial charge in [-0.25, -0.2) is 24.9 Å². The Morgan fingerprint density at radius 3 is 1.39 bits per heavy atom. The van der Waals surface area contributed by atoms with E-state index in [1.165, 1.54) is 30.2 Å². The average Bonchev–Trinajstić information content (AvgIpc) is 4.35. The van der Waals surface area contributed by atoms with E-state index in [-0.39, 0.29) is 0 Å². The predicted molar refractivity (Wildman–Crippen MR) is 338 cm³/mol. The van der Waals surface area contributed by atoms with Crippen LogP contribution in [-0.2, 0) is 35.2 Å². The van der Waals surface area contributed by atoms with Crippen LogP contribution in [-0.4, -0.2) is 119 Å². The predicted octanol–water partition coefficient (Wildman–Crippen LogP) is 10.5. The summed E-state index contributed by atoms with van der Waals surface area (Å²) in [5.74, 6) is 2.82. The Bertz CT molecular complexity index is 2770. The lowest BCUT2D eigenvalue weighted by molar-refractivity contribution is 0.412. The Morgan fingerprint density at radius 2 is 1.18 bits per heavy atom. The van der Waals surface area contributed by atoms with Crippen LogP contribution in [0.5, 0.6) is 0 Å². The molecule has 88 heavy (non-hydrogen) atoms. The minimum atomic E-state index is 0.606. The number of imidazole rings is 1. The van der Waals surface area contributed by atoms with Crippen LogP contribution in [0.2, 0.25) is 0 Å². The fourth-order valence-corrected chi connectivity index (χ4v) is 5.37. The Hall–Kier alpha value is -10.8. The molecule has 0 bridgehead atoms. The van der Waals surface area contributed by atoms with Crippen molar-refractivity contribution in [3.63, 3.8) is 0 Å². The highest BCUT2D eigenvalue weighted by molar-refractivity contribution is 7.09. The number of rotatable bonds is 0. The van der Waals surface area contributed by atoms with E-state index >= 15 is 0 Å². The first-order valence-electron chi connectivity index (χ1n) is 26.3. The zero-order valence-corrected chi connectivity index (χ0v) is 53.7. The molecule has 0 aliphatic rings. The van der Waals surface area contributed by atoms with Crippen LogP contribution in [0.3, 0.4) is 0 Å². The maximum absolute atomic E-state index is 4.72. The number of pyridine rings is 3. The number of aromatic nitrogens is 24. The van der Waals surface area contributed by atoms with Crippen LogP contribution in [0.25, 0.3) is 0 Å². The quantitative estimate of drug-likeness (QED) is 0.136. The molecule has 0 atom stereocenters. The van der Waals surface area contributed by atoms with E-state index in [0.717, 1.165) is 27.4 Å². The van der Waals surface area contributed by atoms with Gasteiger partial charge in [-0.1, -0.05) is 22.5 Å². The first-order chi connectivity index (χ1) is 42.5. The molecule has 0 N–H and O–H groups in total. The maximum atomic E-state index is 4.72. The Balaban J connectivity index is 0.000000474. The SMILES string of the molecule is Cc1ccccn1.Cc1cccnc1.Cc1ccncc1.Cc1ncccn1.Cc1ncco1.Cc1nccs1.Cc1ncon1.Cc1nnco1.Cc1nncs1.Cn1cccc1.Cn1cccn1.Cn1ccnc1.Cn1ccnn1.Cn1cncn1. The molecule has 0 aromatic carbocycles. The summed E-state index contributed by atoms with van der Waals surface area (Å²) in [6.07, 6.45) is 39.6. The average molecular weight is 1240 g/mol. The molecule has 0 aliphatic carbocycles. The number of hydrogen-bond acceptors (Lipinski definition) is 24. The van der Waals surface area contributed by atoms with Crippen LogP contribution in [0.1, 0.15) is 50.3 Å². The van der Waals surface area contributed by atoms with Crippen molar-refractivity contribution in [2.24, 2.45) is 35.2 Å². The maximum Gasteiger partial charge on any atom is 0.213 e. The summed E-state index contributed by atoms with van der Waals surface area (Å²) in [6, 6.07) is 21.4. The normalized spacial score (nSPS) is 8.80. The first-order valence-corrected chi connectivity index (χ1v) is 28.0. The highest BCUT2D eigenvalue weighted by atomic mass is 32.1.